The Hall–Kier alpha value is -1.85. The first-order valence-electron chi connectivity index (χ1n) is 4.31. The lowest BCUT2D eigenvalue weighted by molar-refractivity contribution is 0.240. The van der Waals surface area contributed by atoms with Gasteiger partial charge in [-0.05, 0) is 6.07 Å². The molecule has 68 valence electrons. The molecule has 0 aliphatic heterocycles. The molecule has 0 aliphatic rings. The van der Waals surface area contributed by atoms with Crippen molar-refractivity contribution < 1.29 is 5.11 Å². The van der Waals surface area contributed by atoms with Gasteiger partial charge in [0.15, 0.2) is 0 Å². The highest BCUT2D eigenvalue weighted by molar-refractivity contribution is 5.82. The topological polar surface area (TPSA) is 33.1 Å². The van der Waals surface area contributed by atoms with Crippen LogP contribution in [0, 0.1) is 12.3 Å². The highest BCUT2D eigenvalue weighted by atomic mass is 16.3. The number of benzene rings is 1. The lowest BCUT2D eigenvalue weighted by Crippen LogP contribution is -1.95. The molecule has 0 aliphatic carbocycles. The Labute approximate surface area is 82.2 Å². The average molecular weight is 183 g/mol. The van der Waals surface area contributed by atoms with Crippen LogP contribution in [-0.2, 0) is 0 Å². The summed E-state index contributed by atoms with van der Waals surface area (Å²) < 4.78 is 0. The zero-order valence-electron chi connectivity index (χ0n) is 7.51. The fraction of sp³-hybridized carbons (Fsp3) is 0.0833. The highest BCUT2D eigenvalue weighted by Crippen LogP contribution is 2.21. The second-order valence-corrected chi connectivity index (χ2v) is 2.99. The van der Waals surface area contributed by atoms with E-state index >= 15 is 0 Å². The fourth-order valence-corrected chi connectivity index (χ4v) is 1.44. The second kappa shape index (κ2) is 3.49. The minimum absolute atomic E-state index is 0.686. The summed E-state index contributed by atoms with van der Waals surface area (Å²) in [6.07, 6.45) is 5.98. The van der Waals surface area contributed by atoms with Crippen molar-refractivity contribution in [2.24, 2.45) is 0 Å². The third kappa shape index (κ3) is 1.34. The number of para-hydroxylation sites is 1. The number of hydrogen-bond donors (Lipinski definition) is 1. The minimum atomic E-state index is -0.881. The molecular formula is C12H9NO. The van der Waals surface area contributed by atoms with Crippen LogP contribution in [0.1, 0.15) is 11.7 Å². The second-order valence-electron chi connectivity index (χ2n) is 2.99. The van der Waals surface area contributed by atoms with E-state index in [2.05, 4.69) is 10.9 Å². The van der Waals surface area contributed by atoms with Crippen molar-refractivity contribution in [1.82, 2.24) is 4.98 Å². The summed E-state index contributed by atoms with van der Waals surface area (Å²) in [5.41, 5.74) is 1.45. The van der Waals surface area contributed by atoms with Gasteiger partial charge in [0.2, 0.25) is 0 Å². The minimum Gasteiger partial charge on any atom is -0.376 e. The first-order valence-corrected chi connectivity index (χ1v) is 4.31. The molecule has 1 atom stereocenters. The Balaban J connectivity index is 2.72. The smallest absolute Gasteiger partial charge is 0.142 e. The number of aliphatic hydroxyl groups excluding tert-OH is 1. The van der Waals surface area contributed by atoms with Crippen LogP contribution in [0.5, 0.6) is 0 Å². The van der Waals surface area contributed by atoms with Crippen LogP contribution in [0.4, 0.5) is 0 Å². The monoisotopic (exact) mass is 183 g/mol. The summed E-state index contributed by atoms with van der Waals surface area (Å²) in [5, 5.41) is 10.5. The molecule has 2 nitrogen and oxygen atoms in total. The average Bonchev–Trinajstić information content (AvgIpc) is 2.27. The number of hydrogen-bond acceptors (Lipinski definition) is 2. The molecule has 1 N–H and O–H groups in total. The zero-order valence-corrected chi connectivity index (χ0v) is 7.51. The normalized spacial score (nSPS) is 12.3. The summed E-state index contributed by atoms with van der Waals surface area (Å²) in [5.74, 6) is 2.29. The molecule has 1 aromatic carbocycles. The van der Waals surface area contributed by atoms with Gasteiger partial charge in [-0.15, -0.1) is 6.42 Å². The lowest BCUT2D eigenvalue weighted by Gasteiger charge is -2.06. The van der Waals surface area contributed by atoms with E-state index in [1.165, 1.54) is 0 Å². The Kier molecular flexibility index (Phi) is 2.18. The van der Waals surface area contributed by atoms with Crippen LogP contribution in [0.2, 0.25) is 0 Å². The quantitative estimate of drug-likeness (QED) is 0.685. The van der Waals surface area contributed by atoms with Crippen molar-refractivity contribution in [3.63, 3.8) is 0 Å². The molecule has 1 unspecified atom stereocenters. The van der Waals surface area contributed by atoms with Crippen LogP contribution in [-0.4, -0.2) is 10.1 Å². The van der Waals surface area contributed by atoms with Gasteiger partial charge in [0.1, 0.15) is 6.10 Å². The van der Waals surface area contributed by atoms with E-state index in [-0.39, 0.29) is 0 Å². The van der Waals surface area contributed by atoms with Crippen molar-refractivity contribution in [2.75, 3.05) is 0 Å². The lowest BCUT2D eigenvalue weighted by atomic mass is 10.1. The van der Waals surface area contributed by atoms with E-state index in [9.17, 15) is 5.11 Å². The maximum absolute atomic E-state index is 9.55. The highest BCUT2D eigenvalue weighted by Gasteiger charge is 2.07. The summed E-state index contributed by atoms with van der Waals surface area (Å²) >= 11 is 0. The Bertz CT molecular complexity index is 494. The Morgan fingerprint density at radius 1 is 1.29 bits per heavy atom. The molecular weight excluding hydrogens is 174 g/mol. The number of aliphatic hydroxyl groups is 1. The van der Waals surface area contributed by atoms with Crippen LogP contribution in [0.15, 0.2) is 36.5 Å². The van der Waals surface area contributed by atoms with Gasteiger partial charge in [0.05, 0.1) is 5.52 Å². The fourth-order valence-electron chi connectivity index (χ4n) is 1.44. The van der Waals surface area contributed by atoms with Gasteiger partial charge < -0.3 is 5.11 Å². The third-order valence-electron chi connectivity index (χ3n) is 2.12. The summed E-state index contributed by atoms with van der Waals surface area (Å²) in [6, 6.07) is 9.39. The van der Waals surface area contributed by atoms with Crippen molar-refractivity contribution in [3.05, 3.63) is 42.1 Å². The molecule has 0 spiro atoms. The molecule has 0 saturated carbocycles. The SMILES string of the molecule is C#CC(O)c1cccc2cccnc12. The molecule has 2 rings (SSSR count). The largest absolute Gasteiger partial charge is 0.376 e. The molecule has 14 heavy (non-hydrogen) atoms. The molecule has 0 fully saturated rings. The molecule has 2 heteroatoms. The van der Waals surface area contributed by atoms with Crippen LogP contribution >= 0.6 is 0 Å². The van der Waals surface area contributed by atoms with E-state index in [0.29, 0.717) is 5.56 Å². The van der Waals surface area contributed by atoms with Gasteiger partial charge in [0.25, 0.3) is 0 Å². The number of fused-ring (bicyclic) bond motifs is 1. The van der Waals surface area contributed by atoms with Gasteiger partial charge in [-0.1, -0.05) is 30.2 Å². The van der Waals surface area contributed by atoms with Crippen LogP contribution in [0.3, 0.4) is 0 Å². The molecule has 0 radical (unpaired) electrons. The van der Waals surface area contributed by atoms with Gasteiger partial charge >= 0.3 is 0 Å². The molecule has 0 amide bonds. The maximum atomic E-state index is 9.55. The number of aromatic nitrogens is 1. The Morgan fingerprint density at radius 2 is 2.07 bits per heavy atom. The van der Waals surface area contributed by atoms with Gasteiger partial charge in [-0.25, -0.2) is 0 Å². The van der Waals surface area contributed by atoms with Crippen molar-refractivity contribution >= 4 is 10.9 Å². The maximum Gasteiger partial charge on any atom is 0.142 e. The molecule has 1 heterocycles. The molecule has 2 aromatic rings. The molecule has 0 bridgehead atoms. The van der Waals surface area contributed by atoms with E-state index in [1.54, 1.807) is 12.3 Å². The third-order valence-corrected chi connectivity index (χ3v) is 2.12. The predicted octanol–water partition coefficient (Wildman–Crippen LogP) is 1.90. The van der Waals surface area contributed by atoms with Gasteiger partial charge in [-0.2, -0.15) is 0 Å². The number of terminal acetylenes is 1. The summed E-state index contributed by atoms with van der Waals surface area (Å²) in [6.45, 7) is 0. The standard InChI is InChI=1S/C12H9NO/c1-2-11(14)10-7-3-5-9-6-4-8-13-12(9)10/h1,3-8,11,14H. The van der Waals surface area contributed by atoms with Crippen LogP contribution in [0.25, 0.3) is 10.9 Å². The predicted molar refractivity (Wildman–Crippen MR) is 55.5 cm³/mol. The number of nitrogens with zero attached hydrogens (tertiary/aromatic N) is 1. The first-order chi connectivity index (χ1) is 6.83. The van der Waals surface area contributed by atoms with E-state index < -0.39 is 6.10 Å². The van der Waals surface area contributed by atoms with E-state index in [1.807, 2.05) is 24.3 Å². The first kappa shape index (κ1) is 8.74. The summed E-state index contributed by atoms with van der Waals surface area (Å²) in [7, 11) is 0. The van der Waals surface area contributed by atoms with Crippen molar-refractivity contribution in [3.8, 4) is 12.3 Å². The number of pyridine rings is 1. The van der Waals surface area contributed by atoms with Gasteiger partial charge in [-0.3, -0.25) is 4.98 Å². The molecule has 0 saturated heterocycles. The molecule has 1 aromatic heterocycles. The van der Waals surface area contributed by atoms with Gasteiger partial charge in [0, 0.05) is 17.1 Å². The van der Waals surface area contributed by atoms with Crippen LogP contribution < -0.4 is 0 Å². The van der Waals surface area contributed by atoms with E-state index in [0.717, 1.165) is 10.9 Å². The van der Waals surface area contributed by atoms with E-state index in [4.69, 9.17) is 6.42 Å². The zero-order chi connectivity index (χ0) is 9.97. The van der Waals surface area contributed by atoms with Crippen molar-refractivity contribution in [2.45, 2.75) is 6.10 Å². The Morgan fingerprint density at radius 3 is 2.86 bits per heavy atom. The summed E-state index contributed by atoms with van der Waals surface area (Å²) in [4.78, 5) is 4.19. The van der Waals surface area contributed by atoms with Crippen molar-refractivity contribution in [1.29, 1.82) is 0 Å². The number of rotatable bonds is 1.